The normalized spacial score (nSPS) is 12.7. The third-order valence-corrected chi connectivity index (χ3v) is 6.00. The fraction of sp³-hybridized carbons (Fsp3) is 0.208. The van der Waals surface area contributed by atoms with Crippen LogP contribution in [0.3, 0.4) is 0 Å². The van der Waals surface area contributed by atoms with Gasteiger partial charge >= 0.3 is 5.97 Å². The maximum atomic E-state index is 12.9. The number of nitrogens with one attached hydrogen (secondary N) is 1. The Labute approximate surface area is 189 Å². The molecule has 0 spiro atoms. The Morgan fingerprint density at radius 3 is 2.69 bits per heavy atom. The molecule has 1 aromatic heterocycles. The summed E-state index contributed by atoms with van der Waals surface area (Å²) in [4.78, 5) is 40.1. The van der Waals surface area contributed by atoms with Crippen LogP contribution in [0.1, 0.15) is 22.8 Å². The number of nitrogens with zero attached hydrogens (tertiary/aromatic N) is 1. The van der Waals surface area contributed by atoms with Gasteiger partial charge in [-0.1, -0.05) is 36.4 Å². The van der Waals surface area contributed by atoms with Crippen molar-refractivity contribution in [2.24, 2.45) is 0 Å². The van der Waals surface area contributed by atoms with E-state index in [1.807, 2.05) is 49.4 Å². The highest BCUT2D eigenvalue weighted by Crippen LogP contribution is 2.36. The number of carbonyl (C=O) groups is 3. The molecule has 2 aromatic carbocycles. The Balaban J connectivity index is 1.59. The molecule has 32 heavy (non-hydrogen) atoms. The zero-order valence-electron chi connectivity index (χ0n) is 17.7. The largest absolute Gasteiger partial charge is 0.482 e. The Kier molecular flexibility index (Phi) is 6.23. The van der Waals surface area contributed by atoms with E-state index in [1.165, 1.54) is 16.2 Å². The van der Waals surface area contributed by atoms with Gasteiger partial charge in [0.25, 0.3) is 5.91 Å². The van der Waals surface area contributed by atoms with Crippen molar-refractivity contribution in [3.8, 4) is 16.2 Å². The van der Waals surface area contributed by atoms with E-state index in [0.717, 1.165) is 16.0 Å². The van der Waals surface area contributed by atoms with Crippen molar-refractivity contribution < 1.29 is 23.9 Å². The molecular weight excluding hydrogens is 428 g/mol. The second kappa shape index (κ2) is 9.23. The number of ether oxygens (including phenoxy) is 2. The molecule has 164 valence electrons. The third-order valence-electron chi connectivity index (χ3n) is 4.90. The number of rotatable bonds is 6. The lowest BCUT2D eigenvalue weighted by Gasteiger charge is -2.29. The van der Waals surface area contributed by atoms with Crippen molar-refractivity contribution in [3.05, 3.63) is 65.7 Å². The molecule has 0 saturated carbocycles. The summed E-state index contributed by atoms with van der Waals surface area (Å²) in [6.45, 7) is 3.53. The smallest absolute Gasteiger partial charge is 0.341 e. The molecule has 0 bridgehead atoms. The molecule has 0 atom stereocenters. The molecule has 0 radical (unpaired) electrons. The zero-order valence-corrected chi connectivity index (χ0v) is 18.5. The summed E-state index contributed by atoms with van der Waals surface area (Å²) >= 11 is 1.29. The minimum Gasteiger partial charge on any atom is -0.482 e. The number of carbonyl (C=O) groups excluding carboxylic acids is 3. The maximum Gasteiger partial charge on any atom is 0.341 e. The highest BCUT2D eigenvalue weighted by atomic mass is 32.1. The Hall–Kier alpha value is -3.65. The Morgan fingerprint density at radius 2 is 1.94 bits per heavy atom. The SMILES string of the molecule is CCOC(=O)c1cc(-c2ccccc2)sc1NC(=O)CN1C(=O)COc2ccc(C)cc21. The van der Waals surface area contributed by atoms with Gasteiger partial charge in [0.05, 0.1) is 17.9 Å². The van der Waals surface area contributed by atoms with Gasteiger partial charge in [-0.05, 0) is 43.2 Å². The van der Waals surface area contributed by atoms with Crippen molar-refractivity contribution in [1.29, 1.82) is 0 Å². The summed E-state index contributed by atoms with van der Waals surface area (Å²) in [5.74, 6) is -0.679. The monoisotopic (exact) mass is 450 g/mol. The van der Waals surface area contributed by atoms with Gasteiger partial charge in [0.1, 0.15) is 17.3 Å². The number of anilines is 2. The van der Waals surface area contributed by atoms with E-state index in [9.17, 15) is 14.4 Å². The standard InChI is InChI=1S/C24H22N2O5S/c1-3-30-24(29)17-12-20(16-7-5-4-6-8-16)32-23(17)25-21(27)13-26-18-11-15(2)9-10-19(18)31-14-22(26)28/h4-12H,3,13-14H2,1-2H3,(H,25,27). The molecule has 2 heterocycles. The predicted octanol–water partition coefficient (Wildman–Crippen LogP) is 4.26. The molecule has 0 unspecified atom stereocenters. The maximum absolute atomic E-state index is 12.9. The summed E-state index contributed by atoms with van der Waals surface area (Å²) in [5.41, 5.74) is 2.71. The summed E-state index contributed by atoms with van der Waals surface area (Å²) in [6.07, 6.45) is 0. The van der Waals surface area contributed by atoms with E-state index < -0.39 is 11.9 Å². The van der Waals surface area contributed by atoms with Crippen LogP contribution in [0.4, 0.5) is 10.7 Å². The topological polar surface area (TPSA) is 84.9 Å². The number of hydrogen-bond acceptors (Lipinski definition) is 6. The molecule has 1 aliphatic heterocycles. The summed E-state index contributed by atoms with van der Waals surface area (Å²) < 4.78 is 10.6. The first kappa shape index (κ1) is 21.6. The van der Waals surface area contributed by atoms with E-state index in [4.69, 9.17) is 9.47 Å². The lowest BCUT2D eigenvalue weighted by molar-refractivity contribution is -0.123. The van der Waals surface area contributed by atoms with Crippen LogP contribution in [0, 0.1) is 6.92 Å². The lowest BCUT2D eigenvalue weighted by Crippen LogP contribution is -2.43. The van der Waals surface area contributed by atoms with Crippen LogP contribution in [0.25, 0.3) is 10.4 Å². The molecule has 0 saturated heterocycles. The summed E-state index contributed by atoms with van der Waals surface area (Å²) in [6, 6.07) is 16.8. The molecule has 7 nitrogen and oxygen atoms in total. The number of amides is 2. The van der Waals surface area contributed by atoms with E-state index in [2.05, 4.69) is 5.32 Å². The van der Waals surface area contributed by atoms with Crippen molar-refractivity contribution in [2.75, 3.05) is 30.0 Å². The van der Waals surface area contributed by atoms with Crippen LogP contribution in [0.15, 0.2) is 54.6 Å². The highest BCUT2D eigenvalue weighted by Gasteiger charge is 2.28. The van der Waals surface area contributed by atoms with Crippen LogP contribution in [0.5, 0.6) is 5.75 Å². The molecule has 0 aliphatic carbocycles. The highest BCUT2D eigenvalue weighted by molar-refractivity contribution is 7.20. The van der Waals surface area contributed by atoms with Gasteiger partial charge in [-0.3, -0.25) is 14.5 Å². The van der Waals surface area contributed by atoms with Gasteiger partial charge in [0.2, 0.25) is 5.91 Å². The van der Waals surface area contributed by atoms with Crippen molar-refractivity contribution in [2.45, 2.75) is 13.8 Å². The minimum atomic E-state index is -0.510. The fourth-order valence-corrected chi connectivity index (χ4v) is 4.45. The number of benzene rings is 2. The number of fused-ring (bicyclic) bond motifs is 1. The second-order valence-electron chi connectivity index (χ2n) is 7.23. The lowest BCUT2D eigenvalue weighted by atomic mass is 10.1. The Bertz CT molecular complexity index is 1170. The zero-order chi connectivity index (χ0) is 22.7. The summed E-state index contributed by atoms with van der Waals surface area (Å²) in [7, 11) is 0. The van der Waals surface area contributed by atoms with E-state index in [0.29, 0.717) is 16.4 Å². The molecule has 0 fully saturated rings. The average Bonchev–Trinajstić information content (AvgIpc) is 3.20. The van der Waals surface area contributed by atoms with Crippen molar-refractivity contribution in [3.63, 3.8) is 0 Å². The first-order chi connectivity index (χ1) is 15.5. The number of aryl methyl sites for hydroxylation is 1. The quantitative estimate of drug-likeness (QED) is 0.567. The van der Waals surface area contributed by atoms with Gasteiger partial charge in [-0.25, -0.2) is 4.79 Å². The van der Waals surface area contributed by atoms with Gasteiger partial charge in [-0.2, -0.15) is 0 Å². The first-order valence-corrected chi connectivity index (χ1v) is 11.0. The van der Waals surface area contributed by atoms with Crippen molar-refractivity contribution in [1.82, 2.24) is 0 Å². The van der Waals surface area contributed by atoms with Crippen molar-refractivity contribution >= 4 is 39.8 Å². The fourth-order valence-electron chi connectivity index (χ4n) is 3.38. The number of thiophene rings is 1. The van der Waals surface area contributed by atoms with Crippen LogP contribution in [-0.2, 0) is 14.3 Å². The van der Waals surface area contributed by atoms with Crippen LogP contribution in [-0.4, -0.2) is 37.5 Å². The first-order valence-electron chi connectivity index (χ1n) is 10.2. The number of hydrogen-bond donors (Lipinski definition) is 1. The molecule has 3 aromatic rings. The summed E-state index contributed by atoms with van der Waals surface area (Å²) in [5, 5.41) is 3.18. The molecule has 1 aliphatic rings. The number of esters is 1. The van der Waals surface area contributed by atoms with E-state index >= 15 is 0 Å². The van der Waals surface area contributed by atoms with E-state index in [1.54, 1.807) is 19.1 Å². The predicted molar refractivity (Wildman–Crippen MR) is 123 cm³/mol. The molecule has 4 rings (SSSR count). The molecular formula is C24H22N2O5S. The van der Waals surface area contributed by atoms with Crippen LogP contribution >= 0.6 is 11.3 Å². The van der Waals surface area contributed by atoms with Gasteiger partial charge in [0, 0.05) is 4.88 Å². The average molecular weight is 451 g/mol. The molecule has 1 N–H and O–H groups in total. The van der Waals surface area contributed by atoms with Gasteiger partial charge in [-0.15, -0.1) is 11.3 Å². The molecule has 8 heteroatoms. The van der Waals surface area contributed by atoms with Gasteiger partial charge in [0.15, 0.2) is 6.61 Å². The van der Waals surface area contributed by atoms with Gasteiger partial charge < -0.3 is 14.8 Å². The molecule has 2 amide bonds. The minimum absolute atomic E-state index is 0.130. The van der Waals surface area contributed by atoms with Crippen LogP contribution < -0.4 is 15.0 Å². The Morgan fingerprint density at radius 1 is 1.16 bits per heavy atom. The van der Waals surface area contributed by atoms with Crippen LogP contribution in [0.2, 0.25) is 0 Å². The second-order valence-corrected chi connectivity index (χ2v) is 8.28. The third kappa shape index (κ3) is 4.50. The van der Waals surface area contributed by atoms with E-state index in [-0.39, 0.29) is 31.2 Å².